The van der Waals surface area contributed by atoms with Crippen LogP contribution >= 0.6 is 11.3 Å². The van der Waals surface area contributed by atoms with Gasteiger partial charge in [0.2, 0.25) is 0 Å². The number of hydrogen-bond acceptors (Lipinski definition) is 4. The van der Waals surface area contributed by atoms with Crippen molar-refractivity contribution < 1.29 is 14.3 Å². The molecule has 4 nitrogen and oxygen atoms in total. The van der Waals surface area contributed by atoms with Gasteiger partial charge in [0.25, 0.3) is 5.91 Å². The third-order valence-electron chi connectivity index (χ3n) is 3.22. The smallest absolute Gasteiger partial charge is 0.254 e. The van der Waals surface area contributed by atoms with Crippen molar-refractivity contribution in [3.05, 3.63) is 52.2 Å². The van der Waals surface area contributed by atoms with Crippen molar-refractivity contribution in [1.82, 2.24) is 4.90 Å². The Morgan fingerprint density at radius 1 is 1.23 bits per heavy atom. The molecular formula is C17H21NO3S. The molecule has 0 N–H and O–H groups in total. The van der Waals surface area contributed by atoms with E-state index >= 15 is 0 Å². The molecule has 118 valence electrons. The molecule has 5 heteroatoms. The zero-order valence-corrected chi connectivity index (χ0v) is 13.8. The van der Waals surface area contributed by atoms with Crippen molar-refractivity contribution in [3.8, 4) is 5.75 Å². The second-order valence-electron chi connectivity index (χ2n) is 4.81. The number of nitrogens with zero attached hydrogens (tertiary/aromatic N) is 1. The van der Waals surface area contributed by atoms with Gasteiger partial charge in [0.15, 0.2) is 0 Å². The fraction of sp³-hybridized carbons (Fsp3) is 0.353. The number of benzene rings is 1. The summed E-state index contributed by atoms with van der Waals surface area (Å²) in [6.45, 7) is 4.24. The summed E-state index contributed by atoms with van der Waals surface area (Å²) in [7, 11) is 1.64. The quantitative estimate of drug-likeness (QED) is 0.748. The third-order valence-corrected chi connectivity index (χ3v) is 3.95. The molecule has 0 atom stereocenters. The number of thiophene rings is 1. The van der Waals surface area contributed by atoms with Crippen LogP contribution in [0.2, 0.25) is 0 Å². The second-order valence-corrected chi connectivity index (χ2v) is 5.59. The first-order valence-electron chi connectivity index (χ1n) is 7.26. The summed E-state index contributed by atoms with van der Waals surface area (Å²) >= 11 is 1.63. The maximum atomic E-state index is 12.7. The lowest BCUT2D eigenvalue weighted by molar-refractivity contribution is 0.0680. The molecule has 0 spiro atoms. The van der Waals surface area contributed by atoms with Gasteiger partial charge in [0.05, 0.1) is 13.2 Å². The van der Waals surface area contributed by atoms with Crippen molar-refractivity contribution in [2.45, 2.75) is 13.5 Å². The van der Waals surface area contributed by atoms with Crippen LogP contribution in [-0.2, 0) is 11.3 Å². The van der Waals surface area contributed by atoms with Crippen LogP contribution < -0.4 is 4.74 Å². The Hall–Kier alpha value is -1.85. The van der Waals surface area contributed by atoms with Gasteiger partial charge in [-0.1, -0.05) is 0 Å². The van der Waals surface area contributed by atoms with E-state index in [1.807, 2.05) is 30.5 Å². The van der Waals surface area contributed by atoms with Crippen LogP contribution in [0.1, 0.15) is 22.8 Å². The van der Waals surface area contributed by atoms with Crippen LogP contribution in [0.25, 0.3) is 0 Å². The number of ether oxygens (including phenoxy) is 2. The molecule has 1 heterocycles. The summed E-state index contributed by atoms with van der Waals surface area (Å²) in [5.74, 6) is 0.784. The summed E-state index contributed by atoms with van der Waals surface area (Å²) in [6, 6.07) is 9.31. The minimum absolute atomic E-state index is 0.00583. The zero-order valence-electron chi connectivity index (χ0n) is 13.0. The van der Waals surface area contributed by atoms with E-state index in [2.05, 4.69) is 5.38 Å². The largest absolute Gasteiger partial charge is 0.494 e. The van der Waals surface area contributed by atoms with Crippen molar-refractivity contribution >= 4 is 17.2 Å². The summed E-state index contributed by atoms with van der Waals surface area (Å²) in [4.78, 5) is 14.5. The monoisotopic (exact) mass is 319 g/mol. The Labute approximate surface area is 135 Å². The Balaban J connectivity index is 2.09. The van der Waals surface area contributed by atoms with Gasteiger partial charge in [-0.15, -0.1) is 0 Å². The van der Waals surface area contributed by atoms with Crippen molar-refractivity contribution in [1.29, 1.82) is 0 Å². The molecule has 0 unspecified atom stereocenters. The first-order chi connectivity index (χ1) is 10.7. The molecule has 0 radical (unpaired) electrons. The normalized spacial score (nSPS) is 10.5. The van der Waals surface area contributed by atoms with Crippen LogP contribution in [-0.4, -0.2) is 37.7 Å². The Morgan fingerprint density at radius 2 is 2.00 bits per heavy atom. The van der Waals surface area contributed by atoms with Gasteiger partial charge in [0, 0.05) is 25.8 Å². The van der Waals surface area contributed by atoms with Crippen LogP contribution in [0, 0.1) is 0 Å². The van der Waals surface area contributed by atoms with E-state index in [0.717, 1.165) is 11.3 Å². The molecule has 1 aromatic heterocycles. The molecule has 0 aliphatic heterocycles. The molecule has 1 amide bonds. The number of carbonyl (C=O) groups excluding carboxylic acids is 1. The SMILES string of the molecule is CCOc1ccc(C(=O)N(CCOC)Cc2ccsc2)cc1. The highest BCUT2D eigenvalue weighted by atomic mass is 32.1. The number of amides is 1. The summed E-state index contributed by atoms with van der Waals surface area (Å²) in [5.41, 5.74) is 1.80. The van der Waals surface area contributed by atoms with Crippen molar-refractivity contribution in [3.63, 3.8) is 0 Å². The molecule has 0 bridgehead atoms. The van der Waals surface area contributed by atoms with E-state index < -0.39 is 0 Å². The van der Waals surface area contributed by atoms with Crippen molar-refractivity contribution in [2.75, 3.05) is 26.9 Å². The highest BCUT2D eigenvalue weighted by Gasteiger charge is 2.16. The van der Waals surface area contributed by atoms with Crippen LogP contribution in [0.5, 0.6) is 5.75 Å². The Kier molecular flexibility index (Phi) is 6.43. The lowest BCUT2D eigenvalue weighted by Crippen LogP contribution is -2.33. The molecule has 22 heavy (non-hydrogen) atoms. The zero-order chi connectivity index (χ0) is 15.8. The molecule has 0 fully saturated rings. The number of rotatable bonds is 8. The average molecular weight is 319 g/mol. The van der Waals surface area contributed by atoms with Gasteiger partial charge in [-0.25, -0.2) is 0 Å². The lowest BCUT2D eigenvalue weighted by atomic mass is 10.1. The summed E-state index contributed by atoms with van der Waals surface area (Å²) < 4.78 is 10.5. The molecule has 1 aromatic carbocycles. The summed E-state index contributed by atoms with van der Waals surface area (Å²) in [5, 5.41) is 4.08. The first-order valence-corrected chi connectivity index (χ1v) is 8.21. The van der Waals surface area contributed by atoms with Crippen LogP contribution in [0.3, 0.4) is 0 Å². The fourth-order valence-electron chi connectivity index (χ4n) is 2.10. The van der Waals surface area contributed by atoms with Crippen LogP contribution in [0.4, 0.5) is 0 Å². The van der Waals surface area contributed by atoms with E-state index in [4.69, 9.17) is 9.47 Å². The Bertz CT molecular complexity index is 566. The van der Waals surface area contributed by atoms with Gasteiger partial charge in [-0.3, -0.25) is 4.79 Å². The van der Waals surface area contributed by atoms with E-state index in [9.17, 15) is 4.79 Å². The first kappa shape index (κ1) is 16.5. The van der Waals surface area contributed by atoms with E-state index in [-0.39, 0.29) is 5.91 Å². The van der Waals surface area contributed by atoms with E-state index in [1.165, 1.54) is 0 Å². The highest BCUT2D eigenvalue weighted by Crippen LogP contribution is 2.16. The van der Waals surface area contributed by atoms with Gasteiger partial charge in [0.1, 0.15) is 5.75 Å². The van der Waals surface area contributed by atoms with Crippen LogP contribution in [0.15, 0.2) is 41.1 Å². The molecule has 0 aliphatic carbocycles. The topological polar surface area (TPSA) is 38.8 Å². The number of methoxy groups -OCH3 is 1. The lowest BCUT2D eigenvalue weighted by Gasteiger charge is -2.22. The predicted octanol–water partition coefficient (Wildman–Crippen LogP) is 3.44. The molecule has 0 aliphatic rings. The Morgan fingerprint density at radius 3 is 2.59 bits per heavy atom. The van der Waals surface area contributed by atoms with Gasteiger partial charge < -0.3 is 14.4 Å². The number of hydrogen-bond donors (Lipinski definition) is 0. The minimum Gasteiger partial charge on any atom is -0.494 e. The third kappa shape index (κ3) is 4.58. The molecule has 2 aromatic rings. The minimum atomic E-state index is 0.00583. The maximum Gasteiger partial charge on any atom is 0.254 e. The van der Waals surface area contributed by atoms with Gasteiger partial charge in [-0.2, -0.15) is 11.3 Å². The average Bonchev–Trinajstić information content (AvgIpc) is 3.05. The molecular weight excluding hydrogens is 298 g/mol. The van der Waals surface area contributed by atoms with Gasteiger partial charge in [-0.05, 0) is 53.6 Å². The summed E-state index contributed by atoms with van der Waals surface area (Å²) in [6.07, 6.45) is 0. The highest BCUT2D eigenvalue weighted by molar-refractivity contribution is 7.07. The predicted molar refractivity (Wildman–Crippen MR) is 88.5 cm³/mol. The molecule has 0 saturated carbocycles. The van der Waals surface area contributed by atoms with Gasteiger partial charge >= 0.3 is 0 Å². The maximum absolute atomic E-state index is 12.7. The second kappa shape index (κ2) is 8.56. The molecule has 2 rings (SSSR count). The van der Waals surface area contributed by atoms with E-state index in [1.54, 1.807) is 35.5 Å². The molecule has 0 saturated heterocycles. The van der Waals surface area contributed by atoms with E-state index in [0.29, 0.717) is 31.9 Å². The fourth-order valence-corrected chi connectivity index (χ4v) is 2.76. The number of carbonyl (C=O) groups is 1. The standard InChI is InChI=1S/C17H21NO3S/c1-3-21-16-6-4-15(5-7-16)17(19)18(9-10-20-2)12-14-8-11-22-13-14/h4-8,11,13H,3,9-10,12H2,1-2H3. The van der Waals surface area contributed by atoms with Crippen molar-refractivity contribution in [2.24, 2.45) is 0 Å².